The summed E-state index contributed by atoms with van der Waals surface area (Å²) in [6.07, 6.45) is 6.10. The van der Waals surface area contributed by atoms with E-state index in [0.29, 0.717) is 18.2 Å². The molecule has 3 rings (SSSR count). The summed E-state index contributed by atoms with van der Waals surface area (Å²) in [7, 11) is 1.80. The quantitative estimate of drug-likeness (QED) is 0.913. The van der Waals surface area contributed by atoms with Gasteiger partial charge in [-0.15, -0.1) is 11.8 Å². The second kappa shape index (κ2) is 6.46. The molecule has 1 heterocycles. The van der Waals surface area contributed by atoms with Crippen molar-refractivity contribution >= 4 is 11.8 Å². The smallest absolute Gasteiger partial charge is 0.123 e. The Morgan fingerprint density at radius 3 is 2.75 bits per heavy atom. The third kappa shape index (κ3) is 3.18. The minimum absolute atomic E-state index is 0.124. The number of fused-ring (bicyclic) bond motifs is 1. The third-order valence-electron chi connectivity index (χ3n) is 4.46. The number of hydrogen-bond acceptors (Lipinski definition) is 3. The molecule has 1 aromatic rings. The van der Waals surface area contributed by atoms with E-state index in [1.807, 2.05) is 17.8 Å². The Kier molecular flexibility index (Phi) is 4.64. The maximum Gasteiger partial charge on any atom is 0.123 e. The average molecular weight is 295 g/mol. The number of thioether (sulfide) groups is 1. The first-order valence-corrected chi connectivity index (χ1v) is 8.46. The van der Waals surface area contributed by atoms with Crippen molar-refractivity contribution in [2.75, 3.05) is 12.9 Å². The predicted molar refractivity (Wildman–Crippen MR) is 80.7 cm³/mol. The zero-order valence-electron chi connectivity index (χ0n) is 11.9. The molecule has 2 aliphatic rings. The highest BCUT2D eigenvalue weighted by molar-refractivity contribution is 7.99. The Labute approximate surface area is 124 Å². The molecule has 1 aliphatic heterocycles. The lowest BCUT2D eigenvalue weighted by Gasteiger charge is -2.34. The molecule has 1 aliphatic carbocycles. The molecule has 0 spiro atoms. The first kappa shape index (κ1) is 14.4. The normalized spacial score (nSPS) is 30.0. The molecule has 20 heavy (non-hydrogen) atoms. The fourth-order valence-corrected chi connectivity index (χ4v) is 4.39. The molecule has 0 radical (unpaired) electrons. The van der Waals surface area contributed by atoms with Gasteiger partial charge in [0.25, 0.3) is 0 Å². The Hall–Kier alpha value is -0.580. The number of ether oxygens (including phenoxy) is 1. The highest BCUT2D eigenvalue weighted by Gasteiger charge is 2.26. The van der Waals surface area contributed by atoms with Gasteiger partial charge in [0.1, 0.15) is 5.82 Å². The lowest BCUT2D eigenvalue weighted by Crippen LogP contribution is -2.38. The number of benzene rings is 1. The molecular formula is C16H22FNOS. The molecule has 1 N–H and O–H groups in total. The fraction of sp³-hybridized carbons (Fsp3) is 0.625. The maximum absolute atomic E-state index is 13.5. The van der Waals surface area contributed by atoms with Gasteiger partial charge >= 0.3 is 0 Å². The summed E-state index contributed by atoms with van der Waals surface area (Å²) in [4.78, 5) is 1.24. The van der Waals surface area contributed by atoms with Gasteiger partial charge in [-0.3, -0.25) is 0 Å². The van der Waals surface area contributed by atoms with E-state index in [4.69, 9.17) is 4.74 Å². The van der Waals surface area contributed by atoms with Gasteiger partial charge in [0.05, 0.1) is 6.10 Å². The molecule has 2 nitrogen and oxygen atoms in total. The van der Waals surface area contributed by atoms with Crippen molar-refractivity contribution < 1.29 is 9.13 Å². The van der Waals surface area contributed by atoms with Crippen LogP contribution in [-0.2, 0) is 4.74 Å². The van der Waals surface area contributed by atoms with Gasteiger partial charge in [-0.25, -0.2) is 4.39 Å². The highest BCUT2D eigenvalue weighted by Crippen LogP contribution is 2.37. The lowest BCUT2D eigenvalue weighted by atomic mass is 9.91. The van der Waals surface area contributed by atoms with E-state index in [1.165, 1.54) is 4.90 Å². The maximum atomic E-state index is 13.5. The molecule has 110 valence electrons. The van der Waals surface area contributed by atoms with Crippen LogP contribution in [-0.4, -0.2) is 25.0 Å². The number of hydrogen-bond donors (Lipinski definition) is 1. The van der Waals surface area contributed by atoms with Gasteiger partial charge in [-0.2, -0.15) is 0 Å². The number of methoxy groups -OCH3 is 1. The second-order valence-corrected chi connectivity index (χ2v) is 6.88. The number of halogens is 1. The van der Waals surface area contributed by atoms with Crippen LogP contribution >= 0.6 is 11.8 Å². The summed E-state index contributed by atoms with van der Waals surface area (Å²) in [5.41, 5.74) is 1.15. The number of nitrogens with one attached hydrogen (secondary N) is 1. The van der Waals surface area contributed by atoms with Gasteiger partial charge in [-0.05, 0) is 61.6 Å². The topological polar surface area (TPSA) is 21.3 Å². The standard InChI is InChI=1S/C16H22FNOS/c1-19-13-5-3-12(4-6-13)18-15-8-9-20-16-7-2-11(17)10-14(15)16/h2,7,10,12-13,15,18H,3-6,8-9H2,1H3. The van der Waals surface area contributed by atoms with Crippen molar-refractivity contribution in [3.63, 3.8) is 0 Å². The molecule has 0 bridgehead atoms. The zero-order valence-corrected chi connectivity index (χ0v) is 12.7. The van der Waals surface area contributed by atoms with Crippen LogP contribution < -0.4 is 5.32 Å². The van der Waals surface area contributed by atoms with Crippen LogP contribution in [0.4, 0.5) is 4.39 Å². The second-order valence-electron chi connectivity index (χ2n) is 5.75. The monoisotopic (exact) mass is 295 g/mol. The Morgan fingerprint density at radius 1 is 1.20 bits per heavy atom. The minimum atomic E-state index is -0.124. The first-order chi connectivity index (χ1) is 9.76. The zero-order chi connectivity index (χ0) is 13.9. The summed E-state index contributed by atoms with van der Waals surface area (Å²) < 4.78 is 18.9. The van der Waals surface area contributed by atoms with Crippen molar-refractivity contribution in [1.82, 2.24) is 5.32 Å². The van der Waals surface area contributed by atoms with Gasteiger partial charge in [0, 0.05) is 24.1 Å². The van der Waals surface area contributed by atoms with Gasteiger partial charge in [-0.1, -0.05) is 0 Å². The van der Waals surface area contributed by atoms with Gasteiger partial charge < -0.3 is 10.1 Å². The molecule has 1 aromatic carbocycles. The fourth-order valence-electron chi connectivity index (χ4n) is 3.29. The van der Waals surface area contributed by atoms with Crippen LogP contribution in [0.5, 0.6) is 0 Å². The Balaban J connectivity index is 1.66. The van der Waals surface area contributed by atoms with E-state index in [0.717, 1.165) is 43.4 Å². The van der Waals surface area contributed by atoms with E-state index in [1.54, 1.807) is 19.2 Å². The molecule has 0 saturated heterocycles. The van der Waals surface area contributed by atoms with Crippen molar-refractivity contribution in [3.8, 4) is 0 Å². The summed E-state index contributed by atoms with van der Waals surface area (Å²) in [5, 5.41) is 3.75. The van der Waals surface area contributed by atoms with E-state index < -0.39 is 0 Å². The van der Waals surface area contributed by atoms with Crippen LogP contribution in [0.3, 0.4) is 0 Å². The predicted octanol–water partition coefficient (Wildman–Crippen LogP) is 3.91. The highest BCUT2D eigenvalue weighted by atomic mass is 32.2. The van der Waals surface area contributed by atoms with Crippen LogP contribution in [0.1, 0.15) is 43.7 Å². The SMILES string of the molecule is COC1CCC(NC2CCSc3ccc(F)cc32)CC1. The van der Waals surface area contributed by atoms with Crippen LogP contribution in [0.25, 0.3) is 0 Å². The van der Waals surface area contributed by atoms with Crippen molar-refractivity contribution in [2.24, 2.45) is 0 Å². The minimum Gasteiger partial charge on any atom is -0.381 e. The average Bonchev–Trinajstić information content (AvgIpc) is 2.49. The van der Waals surface area contributed by atoms with E-state index in [2.05, 4.69) is 5.32 Å². The van der Waals surface area contributed by atoms with Crippen molar-refractivity contribution in [3.05, 3.63) is 29.6 Å². The van der Waals surface area contributed by atoms with Gasteiger partial charge in [0.2, 0.25) is 0 Å². The largest absolute Gasteiger partial charge is 0.381 e. The Morgan fingerprint density at radius 2 is 2.00 bits per heavy atom. The molecule has 4 heteroatoms. The first-order valence-electron chi connectivity index (χ1n) is 7.47. The molecule has 0 aromatic heterocycles. The van der Waals surface area contributed by atoms with Crippen LogP contribution in [0.15, 0.2) is 23.1 Å². The molecule has 1 unspecified atom stereocenters. The summed E-state index contributed by atoms with van der Waals surface area (Å²) in [6.45, 7) is 0. The van der Waals surface area contributed by atoms with Crippen LogP contribution in [0, 0.1) is 5.82 Å². The van der Waals surface area contributed by atoms with E-state index in [9.17, 15) is 4.39 Å². The third-order valence-corrected chi connectivity index (χ3v) is 5.58. The summed E-state index contributed by atoms with van der Waals surface area (Å²) in [5.74, 6) is 0.991. The summed E-state index contributed by atoms with van der Waals surface area (Å²) >= 11 is 1.84. The summed E-state index contributed by atoms with van der Waals surface area (Å²) in [6, 6.07) is 6.06. The number of rotatable bonds is 3. The Bertz CT molecular complexity index is 460. The van der Waals surface area contributed by atoms with Crippen molar-refractivity contribution in [1.29, 1.82) is 0 Å². The molecular weight excluding hydrogens is 273 g/mol. The van der Waals surface area contributed by atoms with E-state index >= 15 is 0 Å². The van der Waals surface area contributed by atoms with E-state index in [-0.39, 0.29) is 5.82 Å². The molecule has 1 saturated carbocycles. The molecule has 1 fully saturated rings. The van der Waals surface area contributed by atoms with Crippen LogP contribution in [0.2, 0.25) is 0 Å². The molecule has 1 atom stereocenters. The van der Waals surface area contributed by atoms with Crippen molar-refractivity contribution in [2.45, 2.75) is 55.2 Å². The lowest BCUT2D eigenvalue weighted by molar-refractivity contribution is 0.0610. The molecule has 0 amide bonds. The van der Waals surface area contributed by atoms with Gasteiger partial charge in [0.15, 0.2) is 0 Å².